The molecule has 10 heteroatoms. The number of carbonyl (C=O) groups excluding carboxylic acids is 1. The van der Waals surface area contributed by atoms with Crippen molar-refractivity contribution in [2.24, 2.45) is 0 Å². The molecule has 180 valence electrons. The first kappa shape index (κ1) is 25.1. The third-order valence-corrected chi connectivity index (χ3v) is 6.08. The van der Waals surface area contributed by atoms with Gasteiger partial charge >= 0.3 is 22.3 Å². The third kappa shape index (κ3) is 6.50. The summed E-state index contributed by atoms with van der Waals surface area (Å²) in [6.45, 7) is 3.98. The lowest BCUT2D eigenvalue weighted by Crippen LogP contribution is -2.39. The number of rotatable bonds is 7. The Hall–Kier alpha value is -3.53. The molecule has 3 rings (SSSR count). The normalized spacial score (nSPS) is 11.8. The molecule has 6 nitrogen and oxygen atoms in total. The van der Waals surface area contributed by atoms with Crippen LogP contribution in [0.1, 0.15) is 25.0 Å². The zero-order valence-corrected chi connectivity index (χ0v) is 19.2. The molecule has 0 spiro atoms. The Labute approximate surface area is 196 Å². The van der Waals surface area contributed by atoms with Gasteiger partial charge in [-0.25, -0.2) is 4.79 Å². The van der Waals surface area contributed by atoms with Crippen LogP contribution in [-0.4, -0.2) is 25.4 Å². The van der Waals surface area contributed by atoms with Crippen LogP contribution in [0.15, 0.2) is 83.8 Å². The van der Waals surface area contributed by atoms with Gasteiger partial charge in [0.25, 0.3) is 0 Å². The molecule has 0 saturated heterocycles. The molecular formula is C24H23F3N2O4S. The van der Waals surface area contributed by atoms with Crippen molar-refractivity contribution in [3.8, 4) is 5.75 Å². The molecule has 0 saturated carbocycles. The van der Waals surface area contributed by atoms with Crippen molar-refractivity contribution in [3.05, 3.63) is 90.0 Å². The van der Waals surface area contributed by atoms with Crippen LogP contribution < -0.4 is 9.50 Å². The molecule has 0 bridgehead atoms. The van der Waals surface area contributed by atoms with E-state index >= 15 is 0 Å². The van der Waals surface area contributed by atoms with Crippen LogP contribution in [0.3, 0.4) is 0 Å². The Balaban J connectivity index is 1.71. The summed E-state index contributed by atoms with van der Waals surface area (Å²) in [7, 11) is -4.47. The first-order valence-electron chi connectivity index (χ1n) is 10.3. The van der Waals surface area contributed by atoms with Crippen LogP contribution in [0.2, 0.25) is 0 Å². The van der Waals surface area contributed by atoms with Gasteiger partial charge in [-0.1, -0.05) is 36.4 Å². The zero-order valence-electron chi connectivity index (χ0n) is 18.4. The number of amides is 2. The van der Waals surface area contributed by atoms with E-state index in [2.05, 4.69) is 5.32 Å². The summed E-state index contributed by atoms with van der Waals surface area (Å²) >= 11 is 0. The Bertz CT molecular complexity index is 1230. The second-order valence-electron chi connectivity index (χ2n) is 7.72. The largest absolute Gasteiger partial charge is 0.416 e. The minimum Gasteiger partial charge on any atom is -0.379 e. The minimum atomic E-state index is -4.68. The Morgan fingerprint density at radius 3 is 2.21 bits per heavy atom. The number of nitrogens with zero attached hydrogens (tertiary/aromatic N) is 1. The van der Waals surface area contributed by atoms with Crippen LogP contribution in [0.25, 0.3) is 0 Å². The van der Waals surface area contributed by atoms with Crippen LogP contribution in [0.5, 0.6) is 5.75 Å². The number of anilines is 1. The van der Waals surface area contributed by atoms with Crippen molar-refractivity contribution in [1.29, 1.82) is 0 Å². The molecule has 0 fully saturated rings. The van der Waals surface area contributed by atoms with Crippen molar-refractivity contribution in [1.82, 2.24) is 4.90 Å². The monoisotopic (exact) mass is 492 g/mol. The molecule has 3 aromatic rings. The van der Waals surface area contributed by atoms with E-state index in [0.29, 0.717) is 17.3 Å². The SMILES string of the molecule is CC(C)N(Cc1ccc(OS(=O)(=O)c2cccc(C(F)(F)F)c2)cc1)C(=O)Nc1ccccc1. The van der Waals surface area contributed by atoms with Crippen molar-refractivity contribution in [3.63, 3.8) is 0 Å². The molecule has 0 aliphatic carbocycles. The number of hydrogen-bond donors (Lipinski definition) is 1. The molecule has 0 heterocycles. The first-order valence-corrected chi connectivity index (χ1v) is 11.7. The standard InChI is InChI=1S/C24H23F3N2O4S/c1-17(2)29(23(30)28-20-8-4-3-5-9-20)16-18-11-13-21(14-12-18)33-34(31,32)22-10-6-7-19(15-22)24(25,26)27/h3-15,17H,16H2,1-2H3,(H,28,30). The highest BCUT2D eigenvalue weighted by Gasteiger charge is 2.32. The second kappa shape index (κ2) is 10.2. The lowest BCUT2D eigenvalue weighted by Gasteiger charge is -2.27. The van der Waals surface area contributed by atoms with Gasteiger partial charge < -0.3 is 14.4 Å². The summed E-state index contributed by atoms with van der Waals surface area (Å²) in [5.41, 5.74) is 0.275. The molecule has 0 aliphatic heterocycles. The van der Waals surface area contributed by atoms with Gasteiger partial charge in [-0.2, -0.15) is 21.6 Å². The van der Waals surface area contributed by atoms with E-state index in [1.807, 2.05) is 32.0 Å². The van der Waals surface area contributed by atoms with Gasteiger partial charge in [-0.3, -0.25) is 0 Å². The van der Waals surface area contributed by atoms with Crippen LogP contribution in [0, 0.1) is 0 Å². The highest BCUT2D eigenvalue weighted by atomic mass is 32.2. The highest BCUT2D eigenvalue weighted by molar-refractivity contribution is 7.87. The fourth-order valence-electron chi connectivity index (χ4n) is 3.06. The predicted octanol–water partition coefficient (Wildman–Crippen LogP) is 5.92. The van der Waals surface area contributed by atoms with Gasteiger partial charge in [0.05, 0.1) is 5.56 Å². The number of nitrogens with one attached hydrogen (secondary N) is 1. The summed E-state index contributed by atoms with van der Waals surface area (Å²) in [6.07, 6.45) is -4.68. The molecule has 34 heavy (non-hydrogen) atoms. The molecule has 0 aliphatic rings. The molecule has 0 unspecified atom stereocenters. The third-order valence-electron chi connectivity index (χ3n) is 4.84. The van der Waals surface area contributed by atoms with E-state index in [9.17, 15) is 26.4 Å². The summed E-state index contributed by atoms with van der Waals surface area (Å²) in [5.74, 6) is -0.0639. The molecular weight excluding hydrogens is 469 g/mol. The maximum atomic E-state index is 12.9. The fraction of sp³-hybridized carbons (Fsp3) is 0.208. The summed E-state index contributed by atoms with van der Waals surface area (Å²) in [6, 6.07) is 17.9. The molecule has 2 amide bonds. The van der Waals surface area contributed by atoms with E-state index < -0.39 is 26.8 Å². The zero-order chi connectivity index (χ0) is 24.9. The van der Waals surface area contributed by atoms with Crippen LogP contribution >= 0.6 is 0 Å². The lowest BCUT2D eigenvalue weighted by molar-refractivity contribution is -0.137. The molecule has 0 atom stereocenters. The quantitative estimate of drug-likeness (QED) is 0.416. The maximum absolute atomic E-state index is 12.9. The van der Waals surface area contributed by atoms with Crippen molar-refractivity contribution >= 4 is 21.8 Å². The van der Waals surface area contributed by atoms with Crippen molar-refractivity contribution < 1.29 is 30.6 Å². The van der Waals surface area contributed by atoms with Gasteiger partial charge in [0, 0.05) is 18.3 Å². The Morgan fingerprint density at radius 2 is 1.62 bits per heavy atom. The Kier molecular flexibility index (Phi) is 7.51. The topological polar surface area (TPSA) is 75.7 Å². The smallest absolute Gasteiger partial charge is 0.379 e. The first-order chi connectivity index (χ1) is 16.0. The predicted molar refractivity (Wildman–Crippen MR) is 122 cm³/mol. The average Bonchev–Trinajstić information content (AvgIpc) is 2.78. The van der Waals surface area contributed by atoms with Crippen molar-refractivity contribution in [2.75, 3.05) is 5.32 Å². The maximum Gasteiger partial charge on any atom is 0.416 e. The van der Waals surface area contributed by atoms with Gasteiger partial charge in [-0.15, -0.1) is 0 Å². The van der Waals surface area contributed by atoms with Gasteiger partial charge in [0.15, 0.2) is 0 Å². The lowest BCUT2D eigenvalue weighted by atomic mass is 10.2. The second-order valence-corrected chi connectivity index (χ2v) is 9.27. The van der Waals surface area contributed by atoms with Crippen LogP contribution in [0.4, 0.5) is 23.7 Å². The fourth-order valence-corrected chi connectivity index (χ4v) is 4.03. The highest BCUT2D eigenvalue weighted by Crippen LogP contribution is 2.31. The van der Waals surface area contributed by atoms with E-state index in [1.165, 1.54) is 12.1 Å². The van der Waals surface area contributed by atoms with Crippen LogP contribution in [-0.2, 0) is 22.8 Å². The minimum absolute atomic E-state index is 0.0639. The number of halogens is 3. The molecule has 0 aromatic heterocycles. The van der Waals surface area contributed by atoms with Gasteiger partial charge in [-0.05, 0) is 61.9 Å². The average molecular weight is 493 g/mol. The number of benzene rings is 3. The van der Waals surface area contributed by atoms with Crippen molar-refractivity contribution in [2.45, 2.75) is 37.5 Å². The summed E-state index contributed by atoms with van der Waals surface area (Å²) in [5, 5.41) is 2.82. The van der Waals surface area contributed by atoms with E-state index in [4.69, 9.17) is 4.18 Å². The van der Waals surface area contributed by atoms with Gasteiger partial charge in [0.2, 0.25) is 0 Å². The number of urea groups is 1. The Morgan fingerprint density at radius 1 is 0.971 bits per heavy atom. The summed E-state index contributed by atoms with van der Waals surface area (Å²) < 4.78 is 68.6. The number of para-hydroxylation sites is 1. The number of hydrogen-bond acceptors (Lipinski definition) is 4. The number of carbonyl (C=O) groups is 1. The molecule has 0 radical (unpaired) electrons. The van der Waals surface area contributed by atoms with E-state index in [-0.39, 0.29) is 24.4 Å². The molecule has 1 N–H and O–H groups in total. The molecule has 3 aromatic carbocycles. The number of alkyl halides is 3. The van der Waals surface area contributed by atoms with Gasteiger partial charge in [0.1, 0.15) is 10.6 Å². The summed E-state index contributed by atoms with van der Waals surface area (Å²) in [4.78, 5) is 13.7. The van der Waals surface area contributed by atoms with E-state index in [1.54, 1.807) is 29.2 Å². The van der Waals surface area contributed by atoms with E-state index in [0.717, 1.165) is 18.2 Å².